The number of para-hydroxylation sites is 1. The predicted octanol–water partition coefficient (Wildman–Crippen LogP) is 12.1. The normalized spacial score (nSPS) is 11.7. The van der Waals surface area contributed by atoms with Gasteiger partial charge in [-0.25, -0.2) is 4.98 Å². The molecule has 0 aliphatic rings. The van der Waals surface area contributed by atoms with Gasteiger partial charge >= 0.3 is 0 Å². The maximum absolute atomic E-state index is 5.22. The van der Waals surface area contributed by atoms with Crippen molar-refractivity contribution in [2.75, 3.05) is 0 Å². The zero-order chi connectivity index (χ0) is 35.0. The highest BCUT2D eigenvalue weighted by atomic mass is 15.2. The van der Waals surface area contributed by atoms with Crippen molar-refractivity contribution in [2.24, 2.45) is 0 Å². The van der Waals surface area contributed by atoms with Gasteiger partial charge in [-0.2, -0.15) is 9.97 Å². The van der Waals surface area contributed by atoms with E-state index in [4.69, 9.17) is 15.0 Å². The molecule has 0 atom stereocenters. The third-order valence-corrected chi connectivity index (χ3v) is 10.3. The molecule has 0 aliphatic carbocycles. The summed E-state index contributed by atoms with van der Waals surface area (Å²) in [6.07, 6.45) is 6.79. The first-order valence-electron chi connectivity index (χ1n) is 18.7. The van der Waals surface area contributed by atoms with Crippen LogP contribution in [0.2, 0.25) is 0 Å². The molecule has 0 bridgehead atoms. The maximum Gasteiger partial charge on any atom is 0.238 e. The van der Waals surface area contributed by atoms with Crippen molar-refractivity contribution < 1.29 is 0 Å². The fraction of sp³-hybridized carbons (Fsp3) is 0.170. The lowest BCUT2D eigenvalue weighted by molar-refractivity contribution is 0.796. The number of aryl methyl sites for hydroxylation is 2. The zero-order valence-corrected chi connectivity index (χ0v) is 29.8. The van der Waals surface area contributed by atoms with Crippen molar-refractivity contribution in [3.63, 3.8) is 0 Å². The maximum atomic E-state index is 5.22. The SMILES string of the molecule is CCCCc1ccc2c(c1)c1c(ccc3c4cc(CCCC)ccc4n(-c4ccccc4)c31)n2-c1nc(-c2ccccc2)nc(-c2ccccc2)n1. The van der Waals surface area contributed by atoms with Gasteiger partial charge in [-0.1, -0.05) is 124 Å². The smallest absolute Gasteiger partial charge is 0.238 e. The number of rotatable bonds is 10. The van der Waals surface area contributed by atoms with Gasteiger partial charge in [0.1, 0.15) is 0 Å². The summed E-state index contributed by atoms with van der Waals surface area (Å²) in [7, 11) is 0. The van der Waals surface area contributed by atoms with Gasteiger partial charge in [0, 0.05) is 38.4 Å². The summed E-state index contributed by atoms with van der Waals surface area (Å²) in [5.41, 5.74) is 10.4. The quantitative estimate of drug-likeness (QED) is 0.145. The molecule has 6 aromatic carbocycles. The van der Waals surface area contributed by atoms with Crippen molar-refractivity contribution >= 4 is 43.6 Å². The van der Waals surface area contributed by atoms with E-state index in [1.54, 1.807) is 0 Å². The molecule has 0 radical (unpaired) electrons. The van der Waals surface area contributed by atoms with E-state index in [1.165, 1.54) is 56.5 Å². The Morgan fingerprint density at radius 3 is 1.56 bits per heavy atom. The van der Waals surface area contributed by atoms with Crippen LogP contribution in [0.25, 0.3) is 78.0 Å². The second-order valence-corrected chi connectivity index (χ2v) is 13.8. The van der Waals surface area contributed by atoms with E-state index >= 15 is 0 Å². The highest BCUT2D eigenvalue weighted by molar-refractivity contribution is 6.26. The Morgan fingerprint density at radius 2 is 0.981 bits per heavy atom. The topological polar surface area (TPSA) is 48.5 Å². The summed E-state index contributed by atoms with van der Waals surface area (Å²) >= 11 is 0. The molecule has 0 saturated heterocycles. The van der Waals surface area contributed by atoms with Crippen LogP contribution in [-0.4, -0.2) is 24.1 Å². The third kappa shape index (κ3) is 5.54. The summed E-state index contributed by atoms with van der Waals surface area (Å²) in [5.74, 6) is 1.91. The molecule has 5 nitrogen and oxygen atoms in total. The molecule has 5 heteroatoms. The van der Waals surface area contributed by atoms with Crippen LogP contribution in [0.5, 0.6) is 0 Å². The Hall–Kier alpha value is -6.07. The molecule has 9 aromatic rings. The Balaban J connectivity index is 1.41. The molecule has 9 rings (SSSR count). The molecule has 0 saturated carbocycles. The first-order chi connectivity index (χ1) is 25.7. The number of hydrogen-bond acceptors (Lipinski definition) is 3. The second kappa shape index (κ2) is 13.6. The standard InChI is InChI=1S/C47H41N5/c1-3-5-16-32-24-27-40-38(30-32)37-26-29-42-43(44(37)51(40)36-22-14-9-15-23-36)39-31-33(17-6-4-2)25-28-41(39)52(42)47-49-45(34-18-10-7-11-19-34)48-46(50-47)35-20-12-8-13-21-35/h7-15,18-31H,3-6,16-17H2,1-2H3. The van der Waals surface area contributed by atoms with Crippen molar-refractivity contribution in [3.8, 4) is 34.4 Å². The number of fused-ring (bicyclic) bond motifs is 7. The molecule has 0 fully saturated rings. The van der Waals surface area contributed by atoms with Crippen LogP contribution in [0.15, 0.2) is 140 Å². The van der Waals surface area contributed by atoms with E-state index < -0.39 is 0 Å². The molecular weight excluding hydrogens is 635 g/mol. The lowest BCUT2D eigenvalue weighted by Crippen LogP contribution is -2.06. The minimum absolute atomic E-state index is 0.609. The highest BCUT2D eigenvalue weighted by Crippen LogP contribution is 2.42. The van der Waals surface area contributed by atoms with E-state index in [0.717, 1.165) is 53.5 Å². The first kappa shape index (κ1) is 31.9. The van der Waals surface area contributed by atoms with Crippen LogP contribution in [-0.2, 0) is 12.8 Å². The van der Waals surface area contributed by atoms with E-state index in [1.807, 2.05) is 36.4 Å². The minimum Gasteiger partial charge on any atom is -0.309 e. The number of nitrogens with zero attached hydrogens (tertiary/aromatic N) is 5. The molecule has 0 spiro atoms. The van der Waals surface area contributed by atoms with E-state index in [-0.39, 0.29) is 0 Å². The molecule has 0 aliphatic heterocycles. The summed E-state index contributed by atoms with van der Waals surface area (Å²) in [6, 6.07) is 49.9. The fourth-order valence-corrected chi connectivity index (χ4v) is 7.74. The average molecular weight is 676 g/mol. The highest BCUT2D eigenvalue weighted by Gasteiger charge is 2.23. The van der Waals surface area contributed by atoms with Gasteiger partial charge < -0.3 is 4.57 Å². The number of unbranched alkanes of at least 4 members (excludes halogenated alkanes) is 2. The number of aromatic nitrogens is 5. The lowest BCUT2D eigenvalue weighted by atomic mass is 10.0. The molecule has 0 N–H and O–H groups in total. The Labute approximate surface area is 304 Å². The number of benzene rings is 6. The molecule has 0 amide bonds. The molecule has 254 valence electrons. The van der Waals surface area contributed by atoms with Crippen LogP contribution in [0.4, 0.5) is 0 Å². The van der Waals surface area contributed by atoms with Gasteiger partial charge in [0.05, 0.1) is 22.1 Å². The predicted molar refractivity (Wildman–Crippen MR) is 217 cm³/mol. The summed E-state index contributed by atoms with van der Waals surface area (Å²) in [4.78, 5) is 15.5. The lowest BCUT2D eigenvalue weighted by Gasteiger charge is -2.11. The molecule has 0 unspecified atom stereocenters. The van der Waals surface area contributed by atoms with Gasteiger partial charge in [0.2, 0.25) is 5.95 Å². The van der Waals surface area contributed by atoms with Crippen molar-refractivity contribution in [2.45, 2.75) is 52.4 Å². The van der Waals surface area contributed by atoms with E-state index in [2.05, 4.69) is 126 Å². The molecule has 3 aromatic heterocycles. The van der Waals surface area contributed by atoms with Gasteiger partial charge in [0.15, 0.2) is 11.6 Å². The number of hydrogen-bond donors (Lipinski definition) is 0. The third-order valence-electron chi connectivity index (χ3n) is 10.3. The van der Waals surface area contributed by atoms with Crippen molar-refractivity contribution in [1.29, 1.82) is 0 Å². The zero-order valence-electron chi connectivity index (χ0n) is 29.8. The van der Waals surface area contributed by atoms with E-state index in [0.29, 0.717) is 17.6 Å². The Bertz CT molecular complexity index is 2630. The largest absolute Gasteiger partial charge is 0.309 e. The van der Waals surface area contributed by atoms with Crippen molar-refractivity contribution in [1.82, 2.24) is 24.1 Å². The van der Waals surface area contributed by atoms with Crippen LogP contribution in [0, 0.1) is 0 Å². The summed E-state index contributed by atoms with van der Waals surface area (Å²) in [6.45, 7) is 4.52. The molecule has 3 heterocycles. The monoisotopic (exact) mass is 675 g/mol. The minimum atomic E-state index is 0.609. The second-order valence-electron chi connectivity index (χ2n) is 13.8. The van der Waals surface area contributed by atoms with Crippen molar-refractivity contribution in [3.05, 3.63) is 151 Å². The van der Waals surface area contributed by atoms with Crippen LogP contribution >= 0.6 is 0 Å². The first-order valence-corrected chi connectivity index (χ1v) is 18.7. The van der Waals surface area contributed by atoms with Gasteiger partial charge in [-0.3, -0.25) is 4.57 Å². The van der Waals surface area contributed by atoms with Crippen LogP contribution < -0.4 is 0 Å². The van der Waals surface area contributed by atoms with Gasteiger partial charge in [-0.05, 0) is 79.3 Å². The molecule has 52 heavy (non-hydrogen) atoms. The average Bonchev–Trinajstić information content (AvgIpc) is 3.72. The van der Waals surface area contributed by atoms with Gasteiger partial charge in [-0.15, -0.1) is 0 Å². The van der Waals surface area contributed by atoms with E-state index in [9.17, 15) is 0 Å². The molecular formula is C47H41N5. The summed E-state index contributed by atoms with van der Waals surface area (Å²) in [5, 5.41) is 4.97. The Morgan fingerprint density at radius 1 is 0.462 bits per heavy atom. The van der Waals surface area contributed by atoms with Crippen LogP contribution in [0.3, 0.4) is 0 Å². The van der Waals surface area contributed by atoms with Gasteiger partial charge in [0.25, 0.3) is 0 Å². The Kier molecular flexibility index (Phi) is 8.32. The fourth-order valence-electron chi connectivity index (χ4n) is 7.74. The van der Waals surface area contributed by atoms with Crippen LogP contribution in [0.1, 0.15) is 50.7 Å². The summed E-state index contributed by atoms with van der Waals surface area (Å²) < 4.78 is 4.73.